The van der Waals surface area contributed by atoms with Crippen molar-refractivity contribution < 1.29 is 4.42 Å². The number of fused-ring (bicyclic) bond motifs is 9. The van der Waals surface area contributed by atoms with E-state index in [2.05, 4.69) is 143 Å². The number of para-hydroxylation sites is 3. The molecule has 0 unspecified atom stereocenters. The maximum Gasteiger partial charge on any atom is 0.228 e. The van der Waals surface area contributed by atoms with E-state index in [-0.39, 0.29) is 0 Å². The second-order valence-corrected chi connectivity index (χ2v) is 13.1. The molecule has 0 fully saturated rings. The molecule has 4 heterocycles. The highest BCUT2D eigenvalue weighted by molar-refractivity contribution is 6.21. The van der Waals surface area contributed by atoms with Gasteiger partial charge in [0.1, 0.15) is 5.58 Å². The predicted molar refractivity (Wildman–Crippen MR) is 211 cm³/mol. The van der Waals surface area contributed by atoms with Crippen molar-refractivity contribution in [2.24, 2.45) is 0 Å². The average molecular weight is 666 g/mol. The van der Waals surface area contributed by atoms with Crippen LogP contribution in [0.5, 0.6) is 0 Å². The Hall–Kier alpha value is -7.18. The molecule has 0 radical (unpaired) electrons. The minimum absolute atomic E-state index is 0.547. The summed E-state index contributed by atoms with van der Waals surface area (Å²) in [7, 11) is 0. The van der Waals surface area contributed by atoms with Crippen LogP contribution in [0, 0.1) is 0 Å². The average Bonchev–Trinajstić information content (AvgIpc) is 3.77. The molecule has 242 valence electrons. The lowest BCUT2D eigenvalue weighted by molar-refractivity contribution is 0.654. The molecule has 11 rings (SSSR count). The summed E-state index contributed by atoms with van der Waals surface area (Å²) in [5, 5.41) is 8.98. The van der Waals surface area contributed by atoms with Gasteiger partial charge in [-0.1, -0.05) is 115 Å². The molecule has 0 bridgehead atoms. The number of nitrogens with zero attached hydrogens (tertiary/aromatic N) is 5. The van der Waals surface area contributed by atoms with Crippen LogP contribution in [0.3, 0.4) is 0 Å². The highest BCUT2D eigenvalue weighted by Gasteiger charge is 2.22. The number of furan rings is 1. The summed E-state index contributed by atoms with van der Waals surface area (Å²) in [6.07, 6.45) is 1.76. The standard InChI is InChI=1S/C46H27N5O/c1-2-13-30-27-31(22-21-28(30)11-1)43-48-44(50-45(49-43)36-25-26-47-46-42(36)35-17-7-10-20-40(35)52-46)34-16-6-9-19-38(34)51-37-18-8-5-15-33(37)41-32-14-4-3-12-29(32)23-24-39(41)51/h1-27H. The molecule has 11 aromatic rings. The van der Waals surface area contributed by atoms with Gasteiger partial charge < -0.3 is 8.98 Å². The first kappa shape index (κ1) is 28.6. The normalized spacial score (nSPS) is 11.8. The van der Waals surface area contributed by atoms with E-state index >= 15 is 0 Å². The van der Waals surface area contributed by atoms with Gasteiger partial charge in [0, 0.05) is 39.0 Å². The molecule has 6 heteroatoms. The van der Waals surface area contributed by atoms with Crippen LogP contribution in [-0.4, -0.2) is 24.5 Å². The molecule has 6 nitrogen and oxygen atoms in total. The summed E-state index contributed by atoms with van der Waals surface area (Å²) in [4.78, 5) is 20.3. The summed E-state index contributed by atoms with van der Waals surface area (Å²) in [5.74, 6) is 1.72. The van der Waals surface area contributed by atoms with Crippen LogP contribution < -0.4 is 0 Å². The van der Waals surface area contributed by atoms with Crippen LogP contribution in [0.25, 0.3) is 105 Å². The van der Waals surface area contributed by atoms with Crippen LogP contribution in [0.4, 0.5) is 0 Å². The van der Waals surface area contributed by atoms with Crippen molar-refractivity contribution in [1.29, 1.82) is 0 Å². The fraction of sp³-hybridized carbons (Fsp3) is 0. The van der Waals surface area contributed by atoms with Crippen LogP contribution >= 0.6 is 0 Å². The Bertz CT molecular complexity index is 3210. The van der Waals surface area contributed by atoms with Gasteiger partial charge in [0.05, 0.1) is 22.1 Å². The fourth-order valence-corrected chi connectivity index (χ4v) is 7.76. The maximum atomic E-state index is 6.19. The number of hydrogen-bond acceptors (Lipinski definition) is 5. The van der Waals surface area contributed by atoms with Gasteiger partial charge in [0.2, 0.25) is 5.71 Å². The first-order valence-electron chi connectivity index (χ1n) is 17.3. The molecule has 0 atom stereocenters. The Labute approximate surface area is 297 Å². The number of aromatic nitrogens is 5. The van der Waals surface area contributed by atoms with Crippen molar-refractivity contribution in [3.8, 4) is 39.9 Å². The molecule has 0 aliphatic rings. The van der Waals surface area contributed by atoms with Crippen LogP contribution in [0.2, 0.25) is 0 Å². The minimum atomic E-state index is 0.547. The van der Waals surface area contributed by atoms with Gasteiger partial charge in [-0.2, -0.15) is 0 Å². The zero-order valence-corrected chi connectivity index (χ0v) is 27.7. The Kier molecular flexibility index (Phi) is 6.15. The summed E-state index contributed by atoms with van der Waals surface area (Å²) < 4.78 is 8.53. The van der Waals surface area contributed by atoms with Gasteiger partial charge >= 0.3 is 0 Å². The van der Waals surface area contributed by atoms with Gasteiger partial charge in [0.15, 0.2) is 17.5 Å². The van der Waals surface area contributed by atoms with Crippen LogP contribution in [-0.2, 0) is 0 Å². The smallest absolute Gasteiger partial charge is 0.228 e. The molecule has 0 saturated carbocycles. The third-order valence-electron chi connectivity index (χ3n) is 10.1. The molecule has 0 aliphatic carbocycles. The number of benzene rings is 7. The van der Waals surface area contributed by atoms with Gasteiger partial charge in [-0.25, -0.2) is 19.9 Å². The summed E-state index contributed by atoms with van der Waals surface area (Å²) in [5.41, 5.74) is 7.18. The molecule has 0 spiro atoms. The zero-order chi connectivity index (χ0) is 34.2. The second kappa shape index (κ2) is 11.2. The van der Waals surface area contributed by atoms with E-state index in [0.29, 0.717) is 23.2 Å². The summed E-state index contributed by atoms with van der Waals surface area (Å²) >= 11 is 0. The molecule has 0 N–H and O–H groups in total. The largest absolute Gasteiger partial charge is 0.438 e. The maximum absolute atomic E-state index is 6.19. The Morgan fingerprint density at radius 1 is 0.442 bits per heavy atom. The molecular formula is C46H27N5O. The van der Waals surface area contributed by atoms with Crippen molar-refractivity contribution in [3.63, 3.8) is 0 Å². The van der Waals surface area contributed by atoms with Gasteiger partial charge in [-0.3, -0.25) is 0 Å². The van der Waals surface area contributed by atoms with E-state index in [9.17, 15) is 0 Å². The molecule has 0 amide bonds. The van der Waals surface area contributed by atoms with E-state index in [1.807, 2.05) is 24.3 Å². The van der Waals surface area contributed by atoms with E-state index in [1.165, 1.54) is 21.5 Å². The molecule has 7 aromatic carbocycles. The first-order chi connectivity index (χ1) is 25.8. The Morgan fingerprint density at radius 3 is 2.02 bits per heavy atom. The third-order valence-corrected chi connectivity index (χ3v) is 10.1. The second-order valence-electron chi connectivity index (χ2n) is 13.1. The highest BCUT2D eigenvalue weighted by atomic mass is 16.3. The van der Waals surface area contributed by atoms with Crippen molar-refractivity contribution >= 4 is 65.4 Å². The molecule has 0 saturated heterocycles. The van der Waals surface area contributed by atoms with E-state index in [1.54, 1.807) is 6.20 Å². The minimum Gasteiger partial charge on any atom is -0.438 e. The monoisotopic (exact) mass is 665 g/mol. The van der Waals surface area contributed by atoms with E-state index in [0.717, 1.165) is 60.5 Å². The Morgan fingerprint density at radius 2 is 1.12 bits per heavy atom. The lowest BCUT2D eigenvalue weighted by atomic mass is 10.0. The van der Waals surface area contributed by atoms with E-state index < -0.39 is 0 Å². The SMILES string of the molecule is c1ccc(-n2c3ccccc3c3c4ccccc4ccc32)c(-c2nc(-c3ccc4ccccc4c3)nc(-c3ccnc4oc5ccccc5c34)n2)c1. The predicted octanol–water partition coefficient (Wildman–Crippen LogP) is 11.6. The zero-order valence-electron chi connectivity index (χ0n) is 27.7. The molecule has 4 aromatic heterocycles. The molecule has 0 aliphatic heterocycles. The number of hydrogen-bond donors (Lipinski definition) is 0. The van der Waals surface area contributed by atoms with Crippen LogP contribution in [0.1, 0.15) is 0 Å². The highest BCUT2D eigenvalue weighted by Crippen LogP contribution is 2.40. The lowest BCUT2D eigenvalue weighted by Crippen LogP contribution is -2.04. The molecular weight excluding hydrogens is 639 g/mol. The quantitative estimate of drug-likeness (QED) is 0.187. The lowest BCUT2D eigenvalue weighted by Gasteiger charge is -2.15. The fourth-order valence-electron chi connectivity index (χ4n) is 7.76. The van der Waals surface area contributed by atoms with Gasteiger partial charge in [-0.15, -0.1) is 0 Å². The third kappa shape index (κ3) is 4.31. The van der Waals surface area contributed by atoms with Crippen molar-refractivity contribution in [2.75, 3.05) is 0 Å². The van der Waals surface area contributed by atoms with Crippen molar-refractivity contribution in [3.05, 3.63) is 164 Å². The number of rotatable bonds is 4. The summed E-state index contributed by atoms with van der Waals surface area (Å²) in [6, 6.07) is 54.7. The molecule has 52 heavy (non-hydrogen) atoms. The van der Waals surface area contributed by atoms with Gasteiger partial charge in [0.25, 0.3) is 0 Å². The first-order valence-corrected chi connectivity index (χ1v) is 17.3. The topological polar surface area (TPSA) is 69.6 Å². The van der Waals surface area contributed by atoms with Gasteiger partial charge in [-0.05, 0) is 64.0 Å². The number of pyridine rings is 1. The van der Waals surface area contributed by atoms with E-state index in [4.69, 9.17) is 19.4 Å². The van der Waals surface area contributed by atoms with Crippen molar-refractivity contribution in [2.45, 2.75) is 0 Å². The summed E-state index contributed by atoms with van der Waals surface area (Å²) in [6.45, 7) is 0. The van der Waals surface area contributed by atoms with Crippen LogP contribution in [0.15, 0.2) is 168 Å². The Balaban J connectivity index is 1.21. The van der Waals surface area contributed by atoms with Crippen molar-refractivity contribution in [1.82, 2.24) is 24.5 Å².